The van der Waals surface area contributed by atoms with E-state index in [0.717, 1.165) is 12.8 Å². The van der Waals surface area contributed by atoms with Gasteiger partial charge in [0.25, 0.3) is 0 Å². The number of hydrogen-bond donors (Lipinski definition) is 1. The van der Waals surface area contributed by atoms with Crippen molar-refractivity contribution in [1.29, 1.82) is 0 Å². The van der Waals surface area contributed by atoms with Crippen molar-refractivity contribution >= 4 is 0 Å². The van der Waals surface area contributed by atoms with Gasteiger partial charge in [0.2, 0.25) is 0 Å². The van der Waals surface area contributed by atoms with Crippen LogP contribution in [0.25, 0.3) is 0 Å². The fourth-order valence-corrected chi connectivity index (χ4v) is 3.44. The molecule has 1 aliphatic heterocycles. The molecule has 1 aromatic carbocycles. The first-order chi connectivity index (χ1) is 9.65. The van der Waals surface area contributed by atoms with Gasteiger partial charge in [0.1, 0.15) is 0 Å². The highest BCUT2D eigenvalue weighted by molar-refractivity contribution is 5.47. The summed E-state index contributed by atoms with van der Waals surface area (Å²) in [4.78, 5) is 0. The fourth-order valence-electron chi connectivity index (χ4n) is 3.44. The molecule has 0 fully saturated rings. The molecule has 2 rings (SSSR count). The average molecular weight is 267 g/mol. The van der Waals surface area contributed by atoms with Crippen molar-refractivity contribution < 1.29 is 0 Å². The monoisotopic (exact) mass is 267 g/mol. The first-order valence-corrected chi connectivity index (χ1v) is 7.53. The number of hydrogen-bond acceptors (Lipinski definition) is 1. The van der Waals surface area contributed by atoms with Gasteiger partial charge >= 0.3 is 0 Å². The van der Waals surface area contributed by atoms with Gasteiger partial charge in [-0.2, -0.15) is 0 Å². The minimum absolute atomic E-state index is 0.0639. The van der Waals surface area contributed by atoms with E-state index in [4.69, 9.17) is 0 Å². The number of aryl methyl sites for hydroxylation is 2. The van der Waals surface area contributed by atoms with Crippen LogP contribution in [0.3, 0.4) is 0 Å². The second-order valence-electron chi connectivity index (χ2n) is 5.52. The Labute approximate surface area is 123 Å². The van der Waals surface area contributed by atoms with Gasteiger partial charge in [-0.25, -0.2) is 0 Å². The molecule has 0 atom stereocenters. The summed E-state index contributed by atoms with van der Waals surface area (Å²) in [5.74, 6) is 0. The Morgan fingerprint density at radius 1 is 0.950 bits per heavy atom. The molecule has 1 aliphatic rings. The molecule has 0 saturated heterocycles. The van der Waals surface area contributed by atoms with Crippen molar-refractivity contribution in [2.24, 2.45) is 0 Å². The highest BCUT2D eigenvalue weighted by Gasteiger charge is 2.35. The largest absolute Gasteiger partial charge is 0.364 e. The molecule has 0 spiro atoms. The summed E-state index contributed by atoms with van der Waals surface area (Å²) in [5.41, 5.74) is 5.61. The maximum Gasteiger partial charge on any atom is 0.0353 e. The molecule has 0 aliphatic carbocycles. The Kier molecular flexibility index (Phi) is 4.49. The van der Waals surface area contributed by atoms with Crippen molar-refractivity contribution in [2.45, 2.75) is 46.0 Å². The first-order valence-electron chi connectivity index (χ1n) is 7.53. The Hall–Kier alpha value is -1.76. The van der Waals surface area contributed by atoms with Crippen molar-refractivity contribution in [3.63, 3.8) is 0 Å². The van der Waals surface area contributed by atoms with Crippen LogP contribution in [0, 0.1) is 13.8 Å². The molecule has 1 N–H and O–H groups in total. The van der Waals surface area contributed by atoms with Crippen LogP contribution in [0.5, 0.6) is 0 Å². The molecular weight excluding hydrogens is 242 g/mol. The normalized spacial score (nSPS) is 14.7. The lowest BCUT2D eigenvalue weighted by atomic mass is 9.69. The van der Waals surface area contributed by atoms with Gasteiger partial charge in [-0.15, -0.1) is 0 Å². The molecule has 1 heterocycles. The van der Waals surface area contributed by atoms with Gasteiger partial charge in [0.05, 0.1) is 0 Å². The van der Waals surface area contributed by atoms with Crippen LogP contribution in [0.4, 0.5) is 0 Å². The second-order valence-corrected chi connectivity index (χ2v) is 5.52. The summed E-state index contributed by atoms with van der Waals surface area (Å²) in [6.45, 7) is 9.03. The van der Waals surface area contributed by atoms with Crippen LogP contribution in [0.1, 0.15) is 43.4 Å². The molecule has 0 radical (unpaired) electrons. The molecule has 106 valence electrons. The number of allylic oxidation sites excluding steroid dienone is 5. The zero-order chi connectivity index (χ0) is 14.6. The van der Waals surface area contributed by atoms with Gasteiger partial charge in [-0.05, 0) is 55.5 Å². The van der Waals surface area contributed by atoms with Crippen molar-refractivity contribution in [2.75, 3.05) is 0 Å². The van der Waals surface area contributed by atoms with Crippen LogP contribution in [-0.2, 0) is 5.41 Å². The molecule has 1 nitrogen and oxygen atoms in total. The zero-order valence-corrected chi connectivity index (χ0v) is 13.0. The summed E-state index contributed by atoms with van der Waals surface area (Å²) < 4.78 is 0. The Morgan fingerprint density at radius 3 is 2.20 bits per heavy atom. The Morgan fingerprint density at radius 2 is 1.60 bits per heavy atom. The maximum atomic E-state index is 3.50. The predicted octanol–water partition coefficient (Wildman–Crippen LogP) is 4.92. The van der Waals surface area contributed by atoms with Crippen molar-refractivity contribution in [3.8, 4) is 0 Å². The molecule has 0 aromatic heterocycles. The van der Waals surface area contributed by atoms with E-state index in [1.54, 1.807) is 0 Å². The lowest BCUT2D eigenvalue weighted by Gasteiger charge is -2.37. The minimum Gasteiger partial charge on any atom is -0.364 e. The molecule has 0 amide bonds. The Balaban J connectivity index is 2.63. The maximum absolute atomic E-state index is 3.50. The first kappa shape index (κ1) is 14.6. The van der Waals surface area contributed by atoms with Gasteiger partial charge in [0.15, 0.2) is 0 Å². The van der Waals surface area contributed by atoms with E-state index in [9.17, 15) is 0 Å². The number of benzene rings is 1. The van der Waals surface area contributed by atoms with E-state index in [1.165, 1.54) is 22.4 Å². The SMILES string of the molecule is CCC(CC)(C1=CC=CC=CN1)c1c(C)cccc1C. The van der Waals surface area contributed by atoms with E-state index in [1.807, 2.05) is 12.3 Å². The summed E-state index contributed by atoms with van der Waals surface area (Å²) in [5, 5.41) is 3.50. The number of nitrogens with one attached hydrogen (secondary N) is 1. The molecule has 1 heteroatoms. The molecule has 20 heavy (non-hydrogen) atoms. The van der Waals surface area contributed by atoms with Crippen LogP contribution < -0.4 is 5.32 Å². The van der Waals surface area contributed by atoms with Crippen LogP contribution in [0.2, 0.25) is 0 Å². The smallest absolute Gasteiger partial charge is 0.0353 e. The summed E-state index contributed by atoms with van der Waals surface area (Å²) in [6, 6.07) is 6.61. The topological polar surface area (TPSA) is 12.0 Å². The lowest BCUT2D eigenvalue weighted by Crippen LogP contribution is -2.34. The Bertz CT molecular complexity index is 537. The average Bonchev–Trinajstić information content (AvgIpc) is 2.73. The van der Waals surface area contributed by atoms with E-state index >= 15 is 0 Å². The fraction of sp³-hybridized carbons (Fsp3) is 0.368. The van der Waals surface area contributed by atoms with E-state index in [0.29, 0.717) is 0 Å². The van der Waals surface area contributed by atoms with Gasteiger partial charge in [-0.3, -0.25) is 0 Å². The zero-order valence-electron chi connectivity index (χ0n) is 13.0. The third-order valence-corrected chi connectivity index (χ3v) is 4.50. The number of rotatable bonds is 4. The summed E-state index contributed by atoms with van der Waals surface area (Å²) >= 11 is 0. The minimum atomic E-state index is 0.0639. The predicted molar refractivity (Wildman–Crippen MR) is 87.7 cm³/mol. The molecular formula is C19H25N. The lowest BCUT2D eigenvalue weighted by molar-refractivity contribution is 0.444. The molecule has 1 aromatic rings. The third kappa shape index (κ3) is 2.45. The summed E-state index contributed by atoms with van der Waals surface area (Å²) in [6.07, 6.45) is 12.7. The molecule has 0 unspecified atom stereocenters. The third-order valence-electron chi connectivity index (χ3n) is 4.50. The second kappa shape index (κ2) is 6.13. The van der Waals surface area contributed by atoms with E-state index < -0.39 is 0 Å². The van der Waals surface area contributed by atoms with Crippen LogP contribution in [-0.4, -0.2) is 0 Å². The van der Waals surface area contributed by atoms with Gasteiger partial charge < -0.3 is 5.32 Å². The van der Waals surface area contributed by atoms with E-state index in [2.05, 4.69) is 69.4 Å². The van der Waals surface area contributed by atoms with Crippen LogP contribution >= 0.6 is 0 Å². The van der Waals surface area contributed by atoms with Gasteiger partial charge in [0, 0.05) is 17.3 Å². The molecule has 0 bridgehead atoms. The highest BCUT2D eigenvalue weighted by Crippen LogP contribution is 2.41. The van der Waals surface area contributed by atoms with Gasteiger partial charge in [-0.1, -0.05) is 44.2 Å². The molecule has 0 saturated carbocycles. The summed E-state index contributed by atoms with van der Waals surface area (Å²) in [7, 11) is 0. The van der Waals surface area contributed by atoms with Crippen LogP contribution in [0.15, 0.2) is 54.4 Å². The highest BCUT2D eigenvalue weighted by atomic mass is 14.9. The van der Waals surface area contributed by atoms with Crippen molar-refractivity contribution in [3.05, 3.63) is 71.1 Å². The quantitative estimate of drug-likeness (QED) is 0.816. The standard InChI is InChI=1S/C19H25N/c1-5-19(6-2,17-13-8-7-9-14-20-17)18-15(3)11-10-12-16(18)4/h7-14,20H,5-6H2,1-4H3. The van der Waals surface area contributed by atoms with Crippen molar-refractivity contribution in [1.82, 2.24) is 5.32 Å². The van der Waals surface area contributed by atoms with E-state index in [-0.39, 0.29) is 5.41 Å².